The molecule has 18 heavy (non-hydrogen) atoms. The molecule has 5 heteroatoms. The molecule has 1 amide bonds. The Hall–Kier alpha value is -0.320. The maximum Gasteiger partial charge on any atom is 0.249 e. The zero-order valence-electron chi connectivity index (χ0n) is 11.3. The summed E-state index contributed by atoms with van der Waals surface area (Å²) in [6, 6.07) is 0. The molecule has 1 saturated carbocycles. The number of ether oxygens (including phenoxy) is 1. The van der Waals surface area contributed by atoms with Gasteiger partial charge in [-0.3, -0.25) is 4.79 Å². The normalized spacial score (nSPS) is 17.2. The van der Waals surface area contributed by atoms with Crippen molar-refractivity contribution in [3.05, 3.63) is 0 Å². The van der Waals surface area contributed by atoms with Gasteiger partial charge in [0.05, 0.1) is 6.10 Å². The Morgan fingerprint density at radius 3 is 2.61 bits per heavy atom. The average molecular weight is 279 g/mol. The molecule has 1 fully saturated rings. The quantitative estimate of drug-likeness (QED) is 0.668. The lowest BCUT2D eigenvalue weighted by atomic mass is 10.2. The van der Waals surface area contributed by atoms with E-state index in [1.807, 2.05) is 6.92 Å². The molecule has 1 aliphatic carbocycles. The molecule has 1 atom stereocenters. The van der Waals surface area contributed by atoms with E-state index in [0.29, 0.717) is 19.2 Å². The molecule has 0 saturated heterocycles. The number of rotatable bonds is 8. The van der Waals surface area contributed by atoms with Crippen LogP contribution in [0, 0.1) is 0 Å². The summed E-state index contributed by atoms with van der Waals surface area (Å²) in [4.78, 5) is 11.9. The van der Waals surface area contributed by atoms with Crippen molar-refractivity contribution in [2.45, 2.75) is 64.1 Å². The Kier molecular flexibility index (Phi) is 10.4. The van der Waals surface area contributed by atoms with E-state index in [4.69, 9.17) is 10.5 Å². The smallest absolute Gasteiger partial charge is 0.249 e. The first kappa shape index (κ1) is 17.7. The summed E-state index contributed by atoms with van der Waals surface area (Å²) in [6.45, 7) is 3.39. The number of carbonyl (C=O) groups is 1. The van der Waals surface area contributed by atoms with Gasteiger partial charge in [-0.25, -0.2) is 0 Å². The second kappa shape index (κ2) is 10.6. The Morgan fingerprint density at radius 1 is 1.39 bits per heavy atom. The number of unbranched alkanes of at least 4 members (excludes halogenated alkanes) is 1. The number of carbonyl (C=O) groups excluding carboxylic acids is 1. The van der Waals surface area contributed by atoms with Crippen LogP contribution in [0.25, 0.3) is 0 Å². The largest absolute Gasteiger partial charge is 0.365 e. The van der Waals surface area contributed by atoms with Crippen LogP contribution in [0.1, 0.15) is 51.9 Å². The Bertz CT molecular complexity index is 221. The highest BCUT2D eigenvalue weighted by molar-refractivity contribution is 5.85. The maximum absolute atomic E-state index is 11.9. The van der Waals surface area contributed by atoms with E-state index >= 15 is 0 Å². The van der Waals surface area contributed by atoms with E-state index in [0.717, 1.165) is 32.1 Å². The van der Waals surface area contributed by atoms with Crippen LogP contribution in [-0.2, 0) is 9.53 Å². The van der Waals surface area contributed by atoms with E-state index in [9.17, 15) is 4.79 Å². The fourth-order valence-electron chi connectivity index (χ4n) is 2.19. The number of amides is 1. The molecule has 1 unspecified atom stereocenters. The number of nitrogens with one attached hydrogen (secondary N) is 1. The summed E-state index contributed by atoms with van der Waals surface area (Å²) in [5, 5.41) is 2.92. The first-order valence-electron chi connectivity index (χ1n) is 6.91. The summed E-state index contributed by atoms with van der Waals surface area (Å²) in [5.74, 6) is 0.0384. The van der Waals surface area contributed by atoms with Crippen molar-refractivity contribution < 1.29 is 9.53 Å². The Balaban J connectivity index is 0.00000289. The van der Waals surface area contributed by atoms with Crippen LogP contribution in [0.4, 0.5) is 0 Å². The third-order valence-electron chi connectivity index (χ3n) is 3.25. The molecule has 3 N–H and O–H groups in total. The summed E-state index contributed by atoms with van der Waals surface area (Å²) < 4.78 is 5.84. The molecular formula is C13H27ClN2O2. The van der Waals surface area contributed by atoms with E-state index in [1.165, 1.54) is 12.8 Å². The molecule has 0 radical (unpaired) electrons. The predicted molar refractivity (Wildman–Crippen MR) is 76.0 cm³/mol. The van der Waals surface area contributed by atoms with Crippen LogP contribution in [0.3, 0.4) is 0 Å². The van der Waals surface area contributed by atoms with Crippen molar-refractivity contribution in [3.63, 3.8) is 0 Å². The van der Waals surface area contributed by atoms with E-state index < -0.39 is 0 Å². The van der Waals surface area contributed by atoms with Crippen LogP contribution < -0.4 is 11.1 Å². The van der Waals surface area contributed by atoms with Crippen LogP contribution in [0.5, 0.6) is 0 Å². The van der Waals surface area contributed by atoms with Crippen LogP contribution in [0.2, 0.25) is 0 Å². The van der Waals surface area contributed by atoms with Gasteiger partial charge in [0.1, 0.15) is 6.10 Å². The number of hydrogen-bond acceptors (Lipinski definition) is 3. The van der Waals surface area contributed by atoms with Crippen molar-refractivity contribution >= 4 is 18.3 Å². The molecule has 108 valence electrons. The van der Waals surface area contributed by atoms with Gasteiger partial charge in [0.15, 0.2) is 0 Å². The van der Waals surface area contributed by atoms with Crippen molar-refractivity contribution in [2.24, 2.45) is 5.73 Å². The Labute approximate surface area is 116 Å². The van der Waals surface area contributed by atoms with E-state index in [1.54, 1.807) is 0 Å². The third kappa shape index (κ3) is 6.57. The summed E-state index contributed by atoms with van der Waals surface area (Å²) in [5.41, 5.74) is 5.40. The van der Waals surface area contributed by atoms with Crippen LogP contribution in [0.15, 0.2) is 0 Å². The predicted octanol–water partition coefficient (Wildman–Crippen LogP) is 2.00. The topological polar surface area (TPSA) is 64.3 Å². The van der Waals surface area contributed by atoms with Crippen molar-refractivity contribution in [2.75, 3.05) is 13.1 Å². The molecular weight excluding hydrogens is 252 g/mol. The number of halogens is 1. The molecule has 0 spiro atoms. The maximum atomic E-state index is 11.9. The molecule has 0 aromatic heterocycles. The minimum atomic E-state index is -0.268. The SMILES string of the molecule is CCC(OC1CCCC1)C(=O)NCCCCN.Cl. The van der Waals surface area contributed by atoms with Gasteiger partial charge in [-0.1, -0.05) is 19.8 Å². The lowest BCUT2D eigenvalue weighted by Crippen LogP contribution is -2.38. The van der Waals surface area contributed by atoms with Gasteiger partial charge in [0.2, 0.25) is 5.91 Å². The minimum Gasteiger partial charge on any atom is -0.365 e. The first-order chi connectivity index (χ1) is 8.27. The highest BCUT2D eigenvalue weighted by Crippen LogP contribution is 2.22. The van der Waals surface area contributed by atoms with Gasteiger partial charge in [-0.05, 0) is 38.6 Å². The second-order valence-electron chi connectivity index (χ2n) is 4.73. The highest BCUT2D eigenvalue weighted by Gasteiger charge is 2.23. The first-order valence-corrected chi connectivity index (χ1v) is 6.91. The van der Waals surface area contributed by atoms with E-state index in [2.05, 4.69) is 5.32 Å². The highest BCUT2D eigenvalue weighted by atomic mass is 35.5. The van der Waals surface area contributed by atoms with Gasteiger partial charge in [-0.15, -0.1) is 12.4 Å². The Morgan fingerprint density at radius 2 is 2.06 bits per heavy atom. The van der Waals surface area contributed by atoms with Crippen molar-refractivity contribution in [3.8, 4) is 0 Å². The number of hydrogen-bond donors (Lipinski definition) is 2. The van der Waals surface area contributed by atoms with Gasteiger partial charge in [0, 0.05) is 6.54 Å². The molecule has 0 aromatic rings. The molecule has 0 aromatic carbocycles. The van der Waals surface area contributed by atoms with Crippen LogP contribution in [-0.4, -0.2) is 31.2 Å². The molecule has 1 aliphatic rings. The fraction of sp³-hybridized carbons (Fsp3) is 0.923. The van der Waals surface area contributed by atoms with Gasteiger partial charge in [0.25, 0.3) is 0 Å². The molecule has 1 rings (SSSR count). The molecule has 0 bridgehead atoms. The second-order valence-corrected chi connectivity index (χ2v) is 4.73. The lowest BCUT2D eigenvalue weighted by Gasteiger charge is -2.20. The van der Waals surface area contributed by atoms with Gasteiger partial charge >= 0.3 is 0 Å². The van der Waals surface area contributed by atoms with Crippen molar-refractivity contribution in [1.82, 2.24) is 5.32 Å². The number of nitrogens with two attached hydrogens (primary N) is 1. The lowest BCUT2D eigenvalue weighted by molar-refractivity contribution is -0.136. The summed E-state index contributed by atoms with van der Waals surface area (Å²) in [7, 11) is 0. The molecule has 0 heterocycles. The zero-order valence-corrected chi connectivity index (χ0v) is 12.1. The van der Waals surface area contributed by atoms with Gasteiger partial charge < -0.3 is 15.8 Å². The average Bonchev–Trinajstić information content (AvgIpc) is 2.84. The fourth-order valence-corrected chi connectivity index (χ4v) is 2.19. The summed E-state index contributed by atoms with van der Waals surface area (Å²) >= 11 is 0. The van der Waals surface area contributed by atoms with E-state index in [-0.39, 0.29) is 24.4 Å². The summed E-state index contributed by atoms with van der Waals surface area (Å²) in [6.07, 6.45) is 7.37. The van der Waals surface area contributed by atoms with Crippen LogP contribution >= 0.6 is 12.4 Å². The molecule has 4 nitrogen and oxygen atoms in total. The van der Waals surface area contributed by atoms with Gasteiger partial charge in [-0.2, -0.15) is 0 Å². The monoisotopic (exact) mass is 278 g/mol. The third-order valence-corrected chi connectivity index (χ3v) is 3.25. The van der Waals surface area contributed by atoms with Crippen molar-refractivity contribution in [1.29, 1.82) is 0 Å². The zero-order chi connectivity index (χ0) is 12.5. The minimum absolute atomic E-state index is 0. The molecule has 0 aliphatic heterocycles. The standard InChI is InChI=1S/C13H26N2O2.ClH/c1-2-12(17-11-7-3-4-8-11)13(16)15-10-6-5-9-14;/h11-12H,2-10,14H2,1H3,(H,15,16);1H.